The first kappa shape index (κ1) is 20.1. The summed E-state index contributed by atoms with van der Waals surface area (Å²) in [6.45, 7) is 3.61. The predicted molar refractivity (Wildman–Crippen MR) is 119 cm³/mol. The number of carbonyl (C=O) groups excluding carboxylic acids is 1. The number of fused-ring (bicyclic) bond motifs is 1. The van der Waals surface area contributed by atoms with Gasteiger partial charge in [-0.2, -0.15) is 0 Å². The van der Waals surface area contributed by atoms with Crippen LogP contribution in [0.5, 0.6) is 0 Å². The number of hydrogen-bond donors (Lipinski definition) is 2. The number of hydrogen-bond acceptors (Lipinski definition) is 7. The van der Waals surface area contributed by atoms with Gasteiger partial charge in [0.25, 0.3) is 0 Å². The molecule has 0 bridgehead atoms. The fourth-order valence-electron chi connectivity index (χ4n) is 3.46. The summed E-state index contributed by atoms with van der Waals surface area (Å²) >= 11 is 2.88. The van der Waals surface area contributed by atoms with E-state index in [0.717, 1.165) is 41.0 Å². The van der Waals surface area contributed by atoms with Crippen LogP contribution in [0.1, 0.15) is 31.4 Å². The van der Waals surface area contributed by atoms with Gasteiger partial charge in [-0.05, 0) is 36.1 Å². The number of anilines is 1. The summed E-state index contributed by atoms with van der Waals surface area (Å²) in [5.41, 5.74) is 1.12. The number of ether oxygens (including phenoxy) is 1. The molecule has 1 fully saturated rings. The Hall–Kier alpha value is -2.16. The van der Waals surface area contributed by atoms with Crippen molar-refractivity contribution in [3.05, 3.63) is 48.0 Å². The molecule has 0 aliphatic carbocycles. The SMILES string of the molecule is CC(NC(=O)CSc1nnc(NCC2CCCO2)s1)c1cccc2ccccc12. The maximum Gasteiger partial charge on any atom is 0.230 e. The first-order valence-corrected chi connectivity index (χ1v) is 11.6. The van der Waals surface area contributed by atoms with E-state index in [9.17, 15) is 4.79 Å². The lowest BCUT2D eigenvalue weighted by Gasteiger charge is -2.16. The third kappa shape index (κ3) is 5.26. The topological polar surface area (TPSA) is 76.1 Å². The maximum absolute atomic E-state index is 12.4. The molecule has 2 heterocycles. The van der Waals surface area contributed by atoms with Crippen LogP contribution >= 0.6 is 23.1 Å². The lowest BCUT2D eigenvalue weighted by molar-refractivity contribution is -0.119. The van der Waals surface area contributed by atoms with Crippen molar-refractivity contribution in [2.24, 2.45) is 0 Å². The van der Waals surface area contributed by atoms with Gasteiger partial charge in [-0.15, -0.1) is 10.2 Å². The van der Waals surface area contributed by atoms with Crippen LogP contribution in [0.3, 0.4) is 0 Å². The molecule has 1 aliphatic heterocycles. The minimum absolute atomic E-state index is 0.0144. The van der Waals surface area contributed by atoms with E-state index in [1.807, 2.05) is 25.1 Å². The summed E-state index contributed by atoms with van der Waals surface area (Å²) < 4.78 is 6.38. The molecule has 1 amide bonds. The quantitative estimate of drug-likeness (QED) is 0.523. The molecule has 1 saturated heterocycles. The summed E-state index contributed by atoms with van der Waals surface area (Å²) in [6.07, 6.45) is 2.47. The third-order valence-corrected chi connectivity index (χ3v) is 6.92. The molecule has 0 spiro atoms. The average molecular weight is 429 g/mol. The molecule has 1 aromatic heterocycles. The minimum Gasteiger partial charge on any atom is -0.376 e. The van der Waals surface area contributed by atoms with Crippen molar-refractivity contribution in [2.75, 3.05) is 24.2 Å². The standard InChI is InChI=1S/C21H24N4O2S2/c1-14(17-10-4-7-15-6-2-3-9-18(15)17)23-19(26)13-28-21-25-24-20(29-21)22-12-16-8-5-11-27-16/h2-4,6-7,9-10,14,16H,5,8,11-13H2,1H3,(H,22,24)(H,23,26). The van der Waals surface area contributed by atoms with Crippen molar-refractivity contribution >= 4 is 44.9 Å². The summed E-state index contributed by atoms with van der Waals surface area (Å²) in [5, 5.41) is 17.8. The van der Waals surface area contributed by atoms with E-state index in [2.05, 4.69) is 45.1 Å². The number of aromatic nitrogens is 2. The molecule has 1 aliphatic rings. The molecule has 3 aromatic rings. The normalized spacial score (nSPS) is 17.3. The zero-order valence-electron chi connectivity index (χ0n) is 16.3. The Bertz CT molecular complexity index is 967. The lowest BCUT2D eigenvalue weighted by Crippen LogP contribution is -2.28. The summed E-state index contributed by atoms with van der Waals surface area (Å²) in [6, 6.07) is 14.3. The highest BCUT2D eigenvalue weighted by Gasteiger charge is 2.17. The van der Waals surface area contributed by atoms with Crippen molar-refractivity contribution in [3.63, 3.8) is 0 Å². The number of thioether (sulfide) groups is 1. The Balaban J connectivity index is 1.27. The van der Waals surface area contributed by atoms with E-state index >= 15 is 0 Å². The molecule has 6 nitrogen and oxygen atoms in total. The summed E-state index contributed by atoms with van der Waals surface area (Å²) in [5.74, 6) is 0.301. The van der Waals surface area contributed by atoms with Crippen LogP contribution < -0.4 is 10.6 Å². The first-order chi connectivity index (χ1) is 14.2. The number of benzene rings is 2. The highest BCUT2D eigenvalue weighted by molar-refractivity contribution is 8.01. The highest BCUT2D eigenvalue weighted by atomic mass is 32.2. The number of amides is 1. The zero-order valence-corrected chi connectivity index (χ0v) is 17.9. The molecule has 0 radical (unpaired) electrons. The molecular weight excluding hydrogens is 404 g/mol. The van der Waals surface area contributed by atoms with Gasteiger partial charge in [-0.1, -0.05) is 65.6 Å². The highest BCUT2D eigenvalue weighted by Crippen LogP contribution is 2.27. The van der Waals surface area contributed by atoms with Gasteiger partial charge in [0.2, 0.25) is 11.0 Å². The van der Waals surface area contributed by atoms with Crippen LogP contribution in [-0.4, -0.2) is 41.1 Å². The van der Waals surface area contributed by atoms with Gasteiger partial charge in [-0.3, -0.25) is 4.79 Å². The number of rotatable bonds is 8. The van der Waals surface area contributed by atoms with Crippen molar-refractivity contribution in [3.8, 4) is 0 Å². The van der Waals surface area contributed by atoms with Crippen LogP contribution in [0.15, 0.2) is 46.8 Å². The number of carbonyl (C=O) groups is 1. The summed E-state index contributed by atoms with van der Waals surface area (Å²) in [7, 11) is 0. The largest absolute Gasteiger partial charge is 0.376 e. The van der Waals surface area contributed by atoms with E-state index in [1.54, 1.807) is 0 Å². The van der Waals surface area contributed by atoms with Gasteiger partial charge in [0.15, 0.2) is 4.34 Å². The van der Waals surface area contributed by atoms with E-state index in [4.69, 9.17) is 4.74 Å². The molecule has 4 rings (SSSR count). The average Bonchev–Trinajstić information content (AvgIpc) is 3.42. The Labute approximate surface area is 178 Å². The molecule has 0 saturated carbocycles. The molecule has 8 heteroatoms. The van der Waals surface area contributed by atoms with Crippen molar-refractivity contribution in [1.82, 2.24) is 15.5 Å². The van der Waals surface area contributed by atoms with Crippen LogP contribution in [0.25, 0.3) is 10.8 Å². The number of nitrogens with one attached hydrogen (secondary N) is 2. The van der Waals surface area contributed by atoms with E-state index in [1.165, 1.54) is 33.9 Å². The second kappa shape index (κ2) is 9.56. The van der Waals surface area contributed by atoms with Crippen molar-refractivity contribution in [1.29, 1.82) is 0 Å². The van der Waals surface area contributed by atoms with Gasteiger partial charge in [-0.25, -0.2) is 0 Å². The Morgan fingerprint density at radius 2 is 2.14 bits per heavy atom. The Kier molecular flexibility index (Phi) is 6.63. The Morgan fingerprint density at radius 1 is 1.28 bits per heavy atom. The number of nitrogens with zero attached hydrogens (tertiary/aromatic N) is 2. The van der Waals surface area contributed by atoms with Gasteiger partial charge in [0.05, 0.1) is 17.9 Å². The fourth-order valence-corrected chi connectivity index (χ4v) is 5.03. The van der Waals surface area contributed by atoms with Crippen LogP contribution in [0.2, 0.25) is 0 Å². The van der Waals surface area contributed by atoms with Crippen LogP contribution in [-0.2, 0) is 9.53 Å². The second-order valence-electron chi connectivity index (χ2n) is 7.04. The maximum atomic E-state index is 12.4. The molecule has 2 aromatic carbocycles. The van der Waals surface area contributed by atoms with Crippen molar-refractivity contribution < 1.29 is 9.53 Å². The molecule has 152 valence electrons. The van der Waals surface area contributed by atoms with Gasteiger partial charge < -0.3 is 15.4 Å². The van der Waals surface area contributed by atoms with E-state index in [0.29, 0.717) is 5.75 Å². The first-order valence-electron chi connectivity index (χ1n) is 9.78. The van der Waals surface area contributed by atoms with Gasteiger partial charge >= 0.3 is 0 Å². The fraction of sp³-hybridized carbons (Fsp3) is 0.381. The lowest BCUT2D eigenvalue weighted by atomic mass is 10.00. The van der Waals surface area contributed by atoms with Crippen molar-refractivity contribution in [2.45, 2.75) is 36.3 Å². The Morgan fingerprint density at radius 3 is 3.00 bits per heavy atom. The minimum atomic E-state index is -0.0627. The smallest absolute Gasteiger partial charge is 0.230 e. The molecule has 2 unspecified atom stereocenters. The van der Waals surface area contributed by atoms with E-state index in [-0.39, 0.29) is 18.1 Å². The monoisotopic (exact) mass is 428 g/mol. The zero-order chi connectivity index (χ0) is 20.1. The van der Waals surface area contributed by atoms with Crippen LogP contribution in [0, 0.1) is 0 Å². The molecular formula is C21H24N4O2S2. The van der Waals surface area contributed by atoms with Gasteiger partial charge in [0, 0.05) is 13.2 Å². The summed E-state index contributed by atoms with van der Waals surface area (Å²) in [4.78, 5) is 12.4. The second-order valence-corrected chi connectivity index (χ2v) is 9.24. The third-order valence-electron chi connectivity index (χ3n) is 4.91. The van der Waals surface area contributed by atoms with Crippen LogP contribution in [0.4, 0.5) is 5.13 Å². The predicted octanol–water partition coefficient (Wildman–Crippen LogP) is 4.25. The molecule has 29 heavy (non-hydrogen) atoms. The molecule has 2 atom stereocenters. The molecule has 2 N–H and O–H groups in total. The van der Waals surface area contributed by atoms with Gasteiger partial charge in [0.1, 0.15) is 0 Å². The van der Waals surface area contributed by atoms with E-state index < -0.39 is 0 Å².